The van der Waals surface area contributed by atoms with Gasteiger partial charge in [0.25, 0.3) is 0 Å². The Hall–Kier alpha value is -0.180. The summed E-state index contributed by atoms with van der Waals surface area (Å²) in [5.74, 6) is -1.14. The maximum atomic E-state index is 11.0. The van der Waals surface area contributed by atoms with Crippen LogP contribution in [0.25, 0.3) is 0 Å². The fourth-order valence-corrected chi connectivity index (χ4v) is 2.65. The van der Waals surface area contributed by atoms with E-state index in [2.05, 4.69) is 6.92 Å². The molecule has 3 atom stereocenters. The summed E-state index contributed by atoms with van der Waals surface area (Å²) in [6.07, 6.45) is 6.56. The summed E-state index contributed by atoms with van der Waals surface area (Å²) in [5, 5.41) is 9.02. The van der Waals surface area contributed by atoms with Crippen molar-refractivity contribution >= 4 is 14.8 Å². The van der Waals surface area contributed by atoms with E-state index in [0.29, 0.717) is 15.2 Å². The Bertz CT molecular complexity index is 210. The number of unbranched alkanes of at least 4 members (excludes halogenated alkanes) is 1. The van der Waals surface area contributed by atoms with Crippen molar-refractivity contribution in [3.63, 3.8) is 0 Å². The number of carbonyl (C=O) groups is 1. The average Bonchev–Trinajstić information content (AvgIpc) is 2.29. The van der Waals surface area contributed by atoms with E-state index in [1.54, 1.807) is 0 Å². The minimum atomic E-state index is -0.759. The molecular formula is C11H21O4P. The van der Waals surface area contributed by atoms with Crippen molar-refractivity contribution in [3.8, 4) is 0 Å². The van der Waals surface area contributed by atoms with Crippen LogP contribution in [0.5, 0.6) is 0 Å². The van der Waals surface area contributed by atoms with Crippen molar-refractivity contribution in [2.75, 3.05) is 6.16 Å². The summed E-state index contributed by atoms with van der Waals surface area (Å²) >= 11 is 0. The minimum Gasteiger partial charge on any atom is -0.481 e. The molecule has 1 saturated carbocycles. The zero-order chi connectivity index (χ0) is 11.8. The van der Waals surface area contributed by atoms with Crippen LogP contribution in [0.1, 0.15) is 45.4 Å². The fraction of sp³-hybridized carbons (Fsp3) is 0.909. The Balaban J connectivity index is 2.19. The molecule has 1 N–H and O–H groups in total. The van der Waals surface area contributed by atoms with E-state index in [0.717, 1.165) is 38.3 Å². The zero-order valence-electron chi connectivity index (χ0n) is 9.78. The smallest absolute Gasteiger partial charge is 0.309 e. The lowest BCUT2D eigenvalue weighted by Crippen LogP contribution is -2.33. The summed E-state index contributed by atoms with van der Waals surface area (Å²) in [5.41, 5.74) is 0. The quantitative estimate of drug-likeness (QED) is 0.326. The normalized spacial score (nSPS) is 26.3. The predicted octanol–water partition coefficient (Wildman–Crippen LogP) is 2.97. The molecule has 0 spiro atoms. The van der Waals surface area contributed by atoms with Gasteiger partial charge in [0.05, 0.1) is 14.7 Å². The van der Waals surface area contributed by atoms with Crippen LogP contribution in [0.4, 0.5) is 0 Å². The van der Waals surface area contributed by atoms with Gasteiger partial charge < -0.3 is 5.11 Å². The van der Waals surface area contributed by atoms with E-state index >= 15 is 0 Å². The van der Waals surface area contributed by atoms with E-state index in [-0.39, 0.29) is 12.0 Å². The van der Waals surface area contributed by atoms with Crippen molar-refractivity contribution in [3.05, 3.63) is 0 Å². The van der Waals surface area contributed by atoms with Gasteiger partial charge in [-0.25, -0.2) is 9.56 Å². The van der Waals surface area contributed by atoms with Gasteiger partial charge >= 0.3 is 5.97 Å². The van der Waals surface area contributed by atoms with Gasteiger partial charge in [-0.3, -0.25) is 4.79 Å². The van der Waals surface area contributed by atoms with Crippen molar-refractivity contribution in [1.82, 2.24) is 0 Å². The highest BCUT2D eigenvalue weighted by atomic mass is 31.1. The van der Waals surface area contributed by atoms with Crippen LogP contribution in [-0.4, -0.2) is 23.3 Å². The standard InChI is InChI=1S/C11H21O4P/c1-2-3-8-16-15-14-10-7-5-4-6-9(10)11(12)13/h9-10,16H,2-8H2,1H3,(H,12,13). The maximum absolute atomic E-state index is 11.0. The molecule has 5 heteroatoms. The fourth-order valence-electron chi connectivity index (χ4n) is 1.88. The predicted molar refractivity (Wildman–Crippen MR) is 63.6 cm³/mol. The third-order valence-corrected chi connectivity index (χ3v) is 3.65. The van der Waals surface area contributed by atoms with Gasteiger partial charge in [0.1, 0.15) is 6.10 Å². The van der Waals surface area contributed by atoms with Crippen molar-refractivity contribution < 1.29 is 19.5 Å². The molecule has 0 aliphatic heterocycles. The molecule has 1 aliphatic rings. The maximum Gasteiger partial charge on any atom is 0.309 e. The lowest BCUT2D eigenvalue weighted by Gasteiger charge is -2.26. The molecular weight excluding hydrogens is 227 g/mol. The third-order valence-electron chi connectivity index (χ3n) is 2.88. The Labute approximate surface area is 98.5 Å². The summed E-state index contributed by atoms with van der Waals surface area (Å²) in [7, 11) is 0.332. The van der Waals surface area contributed by atoms with Gasteiger partial charge in [-0.2, -0.15) is 0 Å². The van der Waals surface area contributed by atoms with Gasteiger partial charge in [-0.05, 0) is 25.4 Å². The SMILES string of the molecule is CCCCPOOC1CCCCC1C(=O)O. The van der Waals surface area contributed by atoms with E-state index in [1.807, 2.05) is 0 Å². The second kappa shape index (κ2) is 7.99. The Kier molecular flexibility index (Phi) is 6.93. The van der Waals surface area contributed by atoms with Crippen LogP contribution in [0.15, 0.2) is 0 Å². The van der Waals surface area contributed by atoms with Crippen LogP contribution in [0, 0.1) is 5.92 Å². The second-order valence-electron chi connectivity index (χ2n) is 4.20. The first-order valence-electron chi connectivity index (χ1n) is 6.03. The minimum absolute atomic E-state index is 0.250. The first-order valence-corrected chi connectivity index (χ1v) is 7.15. The number of rotatable bonds is 7. The van der Waals surface area contributed by atoms with Crippen molar-refractivity contribution in [1.29, 1.82) is 0 Å². The molecule has 0 amide bonds. The van der Waals surface area contributed by atoms with Gasteiger partial charge in [0.15, 0.2) is 0 Å². The first kappa shape index (κ1) is 13.9. The molecule has 1 aliphatic carbocycles. The number of carboxylic acids is 1. The van der Waals surface area contributed by atoms with Crippen LogP contribution < -0.4 is 0 Å². The van der Waals surface area contributed by atoms with Gasteiger partial charge in [0.2, 0.25) is 0 Å². The van der Waals surface area contributed by atoms with Crippen molar-refractivity contribution in [2.45, 2.75) is 51.6 Å². The Morgan fingerprint density at radius 1 is 1.44 bits per heavy atom. The Morgan fingerprint density at radius 3 is 2.88 bits per heavy atom. The third kappa shape index (κ3) is 4.77. The lowest BCUT2D eigenvalue weighted by molar-refractivity contribution is -0.256. The monoisotopic (exact) mass is 248 g/mol. The molecule has 0 aromatic rings. The number of aliphatic carboxylic acids is 1. The van der Waals surface area contributed by atoms with Gasteiger partial charge in [0, 0.05) is 0 Å². The van der Waals surface area contributed by atoms with E-state index in [4.69, 9.17) is 14.7 Å². The van der Waals surface area contributed by atoms with E-state index < -0.39 is 5.97 Å². The molecule has 4 nitrogen and oxygen atoms in total. The van der Waals surface area contributed by atoms with Crippen LogP contribution in [0.2, 0.25) is 0 Å². The number of hydrogen-bond donors (Lipinski definition) is 1. The highest BCUT2D eigenvalue weighted by molar-refractivity contribution is 7.32. The lowest BCUT2D eigenvalue weighted by atomic mass is 9.87. The highest BCUT2D eigenvalue weighted by Gasteiger charge is 2.32. The van der Waals surface area contributed by atoms with E-state index in [9.17, 15) is 4.79 Å². The zero-order valence-corrected chi connectivity index (χ0v) is 10.8. The van der Waals surface area contributed by atoms with Crippen LogP contribution in [0.3, 0.4) is 0 Å². The topological polar surface area (TPSA) is 55.8 Å². The Morgan fingerprint density at radius 2 is 2.19 bits per heavy atom. The molecule has 0 heterocycles. The summed E-state index contributed by atoms with van der Waals surface area (Å²) in [4.78, 5) is 16.2. The molecule has 1 fully saturated rings. The molecule has 1 rings (SSSR count). The highest BCUT2D eigenvalue weighted by Crippen LogP contribution is 2.29. The van der Waals surface area contributed by atoms with Gasteiger partial charge in [-0.1, -0.05) is 26.2 Å². The van der Waals surface area contributed by atoms with Crippen LogP contribution >= 0.6 is 8.81 Å². The van der Waals surface area contributed by atoms with Crippen molar-refractivity contribution in [2.24, 2.45) is 5.92 Å². The summed E-state index contributed by atoms with van der Waals surface area (Å²) in [6.45, 7) is 2.13. The number of carboxylic acid groups (broad SMARTS) is 1. The molecule has 16 heavy (non-hydrogen) atoms. The number of hydrogen-bond acceptors (Lipinski definition) is 3. The largest absolute Gasteiger partial charge is 0.481 e. The molecule has 0 aromatic carbocycles. The molecule has 0 saturated heterocycles. The first-order chi connectivity index (χ1) is 7.75. The molecule has 0 bridgehead atoms. The molecule has 0 aromatic heterocycles. The average molecular weight is 248 g/mol. The van der Waals surface area contributed by atoms with Crippen LogP contribution in [-0.2, 0) is 14.4 Å². The van der Waals surface area contributed by atoms with Gasteiger partial charge in [-0.15, -0.1) is 0 Å². The van der Waals surface area contributed by atoms with E-state index in [1.165, 1.54) is 0 Å². The molecule has 94 valence electrons. The summed E-state index contributed by atoms with van der Waals surface area (Å²) < 4.78 is 5.12. The summed E-state index contributed by atoms with van der Waals surface area (Å²) in [6, 6.07) is 0. The molecule has 0 radical (unpaired) electrons. The molecule has 3 unspecified atom stereocenters. The second-order valence-corrected chi connectivity index (χ2v) is 5.15.